The second-order valence-corrected chi connectivity index (χ2v) is 6.30. The van der Waals surface area contributed by atoms with E-state index in [1.54, 1.807) is 0 Å². The van der Waals surface area contributed by atoms with Gasteiger partial charge in [-0.2, -0.15) is 4.80 Å². The summed E-state index contributed by atoms with van der Waals surface area (Å²) in [6, 6.07) is 3.01. The molecule has 0 amide bonds. The Balaban J connectivity index is 2.28. The third-order valence-electron chi connectivity index (χ3n) is 2.32. The standard InChI is InChI=1S/C10H11ClFN5O2S/c1-6(2)17-14-10(13-16-17)15-20(18,19)7-3-4-9(12)8(11)5-7/h3-6H,1-2H3,(H,14,15). The first-order valence-electron chi connectivity index (χ1n) is 5.57. The molecule has 1 N–H and O–H groups in total. The van der Waals surface area contributed by atoms with Gasteiger partial charge in [-0.25, -0.2) is 17.5 Å². The van der Waals surface area contributed by atoms with Crippen molar-refractivity contribution in [3.05, 3.63) is 29.0 Å². The van der Waals surface area contributed by atoms with Gasteiger partial charge in [0.05, 0.1) is 16.0 Å². The molecule has 7 nitrogen and oxygen atoms in total. The highest BCUT2D eigenvalue weighted by Crippen LogP contribution is 2.20. The first kappa shape index (κ1) is 14.7. The van der Waals surface area contributed by atoms with Crippen molar-refractivity contribution in [2.75, 3.05) is 4.72 Å². The quantitative estimate of drug-likeness (QED) is 0.928. The third kappa shape index (κ3) is 3.05. The highest BCUT2D eigenvalue weighted by atomic mass is 35.5. The lowest BCUT2D eigenvalue weighted by atomic mass is 10.3. The summed E-state index contributed by atoms with van der Waals surface area (Å²) < 4.78 is 39.2. The molecule has 0 bridgehead atoms. The van der Waals surface area contributed by atoms with Crippen LogP contribution in [-0.4, -0.2) is 28.6 Å². The molecule has 0 saturated carbocycles. The summed E-state index contributed by atoms with van der Waals surface area (Å²) in [5.41, 5.74) is 0. The number of nitrogens with zero attached hydrogens (tertiary/aromatic N) is 4. The number of anilines is 1. The zero-order chi connectivity index (χ0) is 14.9. The zero-order valence-electron chi connectivity index (χ0n) is 10.6. The van der Waals surface area contributed by atoms with Crippen molar-refractivity contribution in [3.63, 3.8) is 0 Å². The Labute approximate surface area is 119 Å². The van der Waals surface area contributed by atoms with E-state index in [1.807, 2.05) is 13.8 Å². The minimum atomic E-state index is -3.94. The molecule has 20 heavy (non-hydrogen) atoms. The summed E-state index contributed by atoms with van der Waals surface area (Å²) in [5.74, 6) is -0.867. The van der Waals surface area contributed by atoms with E-state index >= 15 is 0 Å². The smallest absolute Gasteiger partial charge is 0.245 e. The van der Waals surface area contributed by atoms with Gasteiger partial charge in [0.2, 0.25) is 0 Å². The van der Waals surface area contributed by atoms with E-state index in [0.717, 1.165) is 18.2 Å². The van der Waals surface area contributed by atoms with E-state index in [-0.39, 0.29) is 21.9 Å². The maximum Gasteiger partial charge on any atom is 0.277 e. The summed E-state index contributed by atoms with van der Waals surface area (Å²) in [5, 5.41) is 10.8. The van der Waals surface area contributed by atoms with E-state index in [2.05, 4.69) is 20.1 Å². The van der Waals surface area contributed by atoms with Crippen LogP contribution in [0.5, 0.6) is 0 Å². The van der Waals surface area contributed by atoms with Crippen LogP contribution in [0.15, 0.2) is 23.1 Å². The SMILES string of the molecule is CC(C)n1nnc(NS(=O)(=O)c2ccc(F)c(Cl)c2)n1. The van der Waals surface area contributed by atoms with Gasteiger partial charge in [-0.05, 0) is 37.3 Å². The van der Waals surface area contributed by atoms with Gasteiger partial charge in [-0.3, -0.25) is 0 Å². The first-order valence-corrected chi connectivity index (χ1v) is 7.43. The van der Waals surface area contributed by atoms with E-state index in [9.17, 15) is 12.8 Å². The molecule has 10 heteroatoms. The molecule has 0 spiro atoms. The van der Waals surface area contributed by atoms with E-state index in [4.69, 9.17) is 11.6 Å². The summed E-state index contributed by atoms with van der Waals surface area (Å²) in [4.78, 5) is 1.07. The van der Waals surface area contributed by atoms with Crippen LogP contribution in [0, 0.1) is 5.82 Å². The minimum Gasteiger partial charge on any atom is -0.245 e. The molecule has 1 heterocycles. The Kier molecular flexibility index (Phi) is 3.91. The van der Waals surface area contributed by atoms with Crippen molar-refractivity contribution in [1.29, 1.82) is 0 Å². The average Bonchev–Trinajstić information content (AvgIpc) is 2.80. The molecule has 1 aromatic carbocycles. The first-order chi connectivity index (χ1) is 9.29. The number of nitrogens with one attached hydrogen (secondary N) is 1. The molecule has 2 aromatic rings. The van der Waals surface area contributed by atoms with Crippen LogP contribution in [-0.2, 0) is 10.0 Å². The lowest BCUT2D eigenvalue weighted by molar-refractivity contribution is 0.455. The summed E-state index contributed by atoms with van der Waals surface area (Å²) in [7, 11) is -3.94. The molecule has 0 radical (unpaired) electrons. The molecule has 0 saturated heterocycles. The Morgan fingerprint density at radius 1 is 1.40 bits per heavy atom. The van der Waals surface area contributed by atoms with Crippen LogP contribution >= 0.6 is 11.6 Å². The highest BCUT2D eigenvalue weighted by Gasteiger charge is 2.18. The van der Waals surface area contributed by atoms with Crippen molar-refractivity contribution in [3.8, 4) is 0 Å². The van der Waals surface area contributed by atoms with Crippen LogP contribution in [0.2, 0.25) is 5.02 Å². The summed E-state index contributed by atoms with van der Waals surface area (Å²) in [6.45, 7) is 3.64. The van der Waals surface area contributed by atoms with Crippen LogP contribution in [0.4, 0.5) is 10.3 Å². The third-order valence-corrected chi connectivity index (χ3v) is 3.93. The molecular formula is C10H11ClFN5O2S. The van der Waals surface area contributed by atoms with Crippen LogP contribution < -0.4 is 4.72 Å². The maximum absolute atomic E-state index is 13.0. The number of sulfonamides is 1. The lowest BCUT2D eigenvalue weighted by Gasteiger charge is -2.05. The van der Waals surface area contributed by atoms with E-state index in [1.165, 1.54) is 4.80 Å². The lowest BCUT2D eigenvalue weighted by Crippen LogP contribution is -2.14. The largest absolute Gasteiger partial charge is 0.277 e. The number of benzene rings is 1. The molecule has 0 aliphatic heterocycles. The molecule has 1 aromatic heterocycles. The Bertz CT molecular complexity index is 731. The molecule has 0 fully saturated rings. The number of aromatic nitrogens is 4. The molecular weight excluding hydrogens is 309 g/mol. The van der Waals surface area contributed by atoms with Crippen molar-refractivity contribution in [2.45, 2.75) is 24.8 Å². The Morgan fingerprint density at radius 3 is 2.65 bits per heavy atom. The maximum atomic E-state index is 13.0. The predicted octanol–water partition coefficient (Wildman–Crippen LogP) is 1.85. The Morgan fingerprint density at radius 2 is 2.10 bits per heavy atom. The van der Waals surface area contributed by atoms with Crippen molar-refractivity contribution in [1.82, 2.24) is 20.2 Å². The van der Waals surface area contributed by atoms with E-state index < -0.39 is 15.8 Å². The van der Waals surface area contributed by atoms with Gasteiger partial charge >= 0.3 is 0 Å². The summed E-state index contributed by atoms with van der Waals surface area (Å²) >= 11 is 5.55. The monoisotopic (exact) mass is 319 g/mol. The molecule has 108 valence electrons. The van der Waals surface area contributed by atoms with Gasteiger partial charge in [0.1, 0.15) is 5.82 Å². The Hall–Kier alpha value is -1.74. The second-order valence-electron chi connectivity index (χ2n) is 4.21. The average molecular weight is 320 g/mol. The van der Waals surface area contributed by atoms with Crippen LogP contribution in [0.25, 0.3) is 0 Å². The number of halogens is 2. The van der Waals surface area contributed by atoms with Crippen LogP contribution in [0.3, 0.4) is 0 Å². The normalized spacial score (nSPS) is 11.8. The highest BCUT2D eigenvalue weighted by molar-refractivity contribution is 7.92. The fraction of sp³-hybridized carbons (Fsp3) is 0.300. The predicted molar refractivity (Wildman–Crippen MR) is 70.4 cm³/mol. The molecule has 0 atom stereocenters. The number of tetrazole rings is 1. The van der Waals surface area contributed by atoms with Crippen molar-refractivity contribution < 1.29 is 12.8 Å². The zero-order valence-corrected chi connectivity index (χ0v) is 12.2. The topological polar surface area (TPSA) is 89.8 Å². The fourth-order valence-corrected chi connectivity index (χ4v) is 2.51. The number of rotatable bonds is 4. The molecule has 0 unspecified atom stereocenters. The van der Waals surface area contributed by atoms with E-state index in [0.29, 0.717) is 0 Å². The molecule has 2 rings (SSSR count). The van der Waals surface area contributed by atoms with Gasteiger partial charge in [0.25, 0.3) is 16.0 Å². The number of hydrogen-bond acceptors (Lipinski definition) is 5. The van der Waals surface area contributed by atoms with Gasteiger partial charge in [-0.1, -0.05) is 16.7 Å². The van der Waals surface area contributed by atoms with Crippen LogP contribution in [0.1, 0.15) is 19.9 Å². The van der Waals surface area contributed by atoms with Gasteiger partial charge in [-0.15, -0.1) is 5.10 Å². The van der Waals surface area contributed by atoms with Gasteiger partial charge in [0.15, 0.2) is 0 Å². The minimum absolute atomic E-state index is 0.0546. The fourth-order valence-electron chi connectivity index (χ4n) is 1.31. The molecule has 0 aliphatic rings. The van der Waals surface area contributed by atoms with Gasteiger partial charge < -0.3 is 0 Å². The summed E-state index contributed by atoms with van der Waals surface area (Å²) in [6.07, 6.45) is 0. The second kappa shape index (κ2) is 5.33. The van der Waals surface area contributed by atoms with Crippen molar-refractivity contribution >= 4 is 27.6 Å². The molecule has 0 aliphatic carbocycles. The number of hydrogen-bond donors (Lipinski definition) is 1. The van der Waals surface area contributed by atoms with Crippen molar-refractivity contribution in [2.24, 2.45) is 0 Å². The van der Waals surface area contributed by atoms with Gasteiger partial charge in [0, 0.05) is 0 Å².